The third-order valence-corrected chi connectivity index (χ3v) is 2.06. The Hall–Kier alpha value is -1.50. The number of carboxylic acids is 1. The van der Waals surface area contributed by atoms with Gasteiger partial charge in [0.15, 0.2) is 0 Å². The summed E-state index contributed by atoms with van der Waals surface area (Å²) in [7, 11) is 0. The smallest absolute Gasteiger partial charge is 0.394 e. The first-order chi connectivity index (χ1) is 6.91. The molecule has 0 unspecified atom stereocenters. The van der Waals surface area contributed by atoms with Gasteiger partial charge in [-0.1, -0.05) is 0 Å². The zero-order valence-electron chi connectivity index (χ0n) is 7.05. The van der Waals surface area contributed by atoms with Crippen LogP contribution >= 0.6 is 15.9 Å². The molecular formula is C8H4BrF2NO3. The summed E-state index contributed by atoms with van der Waals surface area (Å²) in [6, 6.07) is 1.47. The van der Waals surface area contributed by atoms with Gasteiger partial charge in [-0.15, -0.1) is 0 Å². The number of halogens is 3. The Labute approximate surface area is 91.0 Å². The van der Waals surface area contributed by atoms with Gasteiger partial charge >= 0.3 is 11.9 Å². The summed E-state index contributed by atoms with van der Waals surface area (Å²) in [6.45, 7) is 0. The third-order valence-electron chi connectivity index (χ3n) is 1.45. The molecule has 2 N–H and O–H groups in total. The summed E-state index contributed by atoms with van der Waals surface area (Å²) < 4.78 is 25.8. The van der Waals surface area contributed by atoms with Crippen LogP contribution in [0.5, 0.6) is 0 Å². The molecule has 0 aliphatic rings. The van der Waals surface area contributed by atoms with Crippen LogP contribution in [0.1, 0.15) is 0 Å². The average molecular weight is 280 g/mol. The van der Waals surface area contributed by atoms with Gasteiger partial charge in [-0.3, -0.25) is 4.79 Å². The lowest BCUT2D eigenvalue weighted by Gasteiger charge is -2.04. The van der Waals surface area contributed by atoms with Gasteiger partial charge in [-0.2, -0.15) is 0 Å². The van der Waals surface area contributed by atoms with Crippen LogP contribution in [0.3, 0.4) is 0 Å². The van der Waals surface area contributed by atoms with Crippen molar-refractivity contribution in [2.45, 2.75) is 0 Å². The second-order valence-electron chi connectivity index (χ2n) is 2.51. The van der Waals surface area contributed by atoms with Crippen LogP contribution in [-0.4, -0.2) is 17.0 Å². The highest BCUT2D eigenvalue weighted by atomic mass is 79.9. The number of hydrogen-bond donors (Lipinski definition) is 2. The molecule has 4 nitrogen and oxygen atoms in total. The Kier molecular flexibility index (Phi) is 3.35. The number of carbonyl (C=O) groups is 2. The molecule has 0 fully saturated rings. The van der Waals surface area contributed by atoms with E-state index < -0.39 is 29.2 Å². The molecule has 1 rings (SSSR count). The summed E-state index contributed by atoms with van der Waals surface area (Å²) in [6.07, 6.45) is 0. The van der Waals surface area contributed by atoms with Crippen molar-refractivity contribution < 1.29 is 23.5 Å². The van der Waals surface area contributed by atoms with Crippen molar-refractivity contribution in [2.75, 3.05) is 5.32 Å². The molecular weight excluding hydrogens is 276 g/mol. The SMILES string of the molecule is O=C(O)C(=O)Nc1cc(F)c(Br)cc1F. The van der Waals surface area contributed by atoms with Crippen molar-refractivity contribution in [3.05, 3.63) is 28.2 Å². The maximum Gasteiger partial charge on any atom is 0.394 e. The topological polar surface area (TPSA) is 66.4 Å². The third kappa shape index (κ3) is 2.72. The molecule has 15 heavy (non-hydrogen) atoms. The molecule has 0 radical (unpaired) electrons. The Bertz CT molecular complexity index is 436. The van der Waals surface area contributed by atoms with Crippen molar-refractivity contribution in [1.29, 1.82) is 0 Å². The lowest BCUT2D eigenvalue weighted by atomic mass is 10.3. The first kappa shape index (κ1) is 11.6. The van der Waals surface area contributed by atoms with Gasteiger partial charge in [0, 0.05) is 6.07 Å². The van der Waals surface area contributed by atoms with E-state index in [1.54, 1.807) is 5.32 Å². The number of hydrogen-bond acceptors (Lipinski definition) is 2. The average Bonchev–Trinajstić information content (AvgIpc) is 2.13. The van der Waals surface area contributed by atoms with E-state index in [9.17, 15) is 18.4 Å². The molecule has 0 atom stereocenters. The Morgan fingerprint density at radius 2 is 1.87 bits per heavy atom. The van der Waals surface area contributed by atoms with Crippen molar-refractivity contribution in [3.8, 4) is 0 Å². The predicted octanol–water partition coefficient (Wildman–Crippen LogP) is 1.75. The van der Waals surface area contributed by atoms with E-state index in [1.165, 1.54) is 0 Å². The number of aliphatic carboxylic acids is 1. The van der Waals surface area contributed by atoms with Crippen LogP contribution in [0.25, 0.3) is 0 Å². The number of amides is 1. The zero-order chi connectivity index (χ0) is 11.6. The summed E-state index contributed by atoms with van der Waals surface area (Å²) in [5.41, 5.74) is -0.525. The fourth-order valence-electron chi connectivity index (χ4n) is 0.794. The van der Waals surface area contributed by atoms with E-state index in [4.69, 9.17) is 5.11 Å². The molecule has 1 amide bonds. The van der Waals surface area contributed by atoms with Crippen molar-refractivity contribution in [2.24, 2.45) is 0 Å². The van der Waals surface area contributed by atoms with Crippen LogP contribution < -0.4 is 5.32 Å². The minimum Gasteiger partial charge on any atom is -0.474 e. The Morgan fingerprint density at radius 3 is 2.40 bits per heavy atom. The van der Waals surface area contributed by atoms with Gasteiger partial charge in [0.1, 0.15) is 11.6 Å². The quantitative estimate of drug-likeness (QED) is 0.608. The van der Waals surface area contributed by atoms with Crippen LogP contribution in [0.15, 0.2) is 16.6 Å². The monoisotopic (exact) mass is 279 g/mol. The van der Waals surface area contributed by atoms with Gasteiger partial charge in [-0.25, -0.2) is 13.6 Å². The predicted molar refractivity (Wildman–Crippen MR) is 50.3 cm³/mol. The van der Waals surface area contributed by atoms with Crippen LogP contribution in [0.4, 0.5) is 14.5 Å². The molecule has 1 aromatic rings. The fraction of sp³-hybridized carbons (Fsp3) is 0. The molecule has 0 bridgehead atoms. The number of rotatable bonds is 1. The van der Waals surface area contributed by atoms with Crippen LogP contribution in [0.2, 0.25) is 0 Å². The van der Waals surface area contributed by atoms with Gasteiger partial charge < -0.3 is 10.4 Å². The second-order valence-corrected chi connectivity index (χ2v) is 3.36. The normalized spacial score (nSPS) is 9.80. The van der Waals surface area contributed by atoms with Crippen molar-refractivity contribution >= 4 is 33.5 Å². The summed E-state index contributed by atoms with van der Waals surface area (Å²) in [4.78, 5) is 20.8. The molecule has 0 heterocycles. The lowest BCUT2D eigenvalue weighted by Crippen LogP contribution is -2.22. The lowest BCUT2D eigenvalue weighted by molar-refractivity contribution is -0.147. The van der Waals surface area contributed by atoms with Crippen LogP contribution in [0, 0.1) is 11.6 Å². The molecule has 0 saturated heterocycles. The van der Waals surface area contributed by atoms with E-state index >= 15 is 0 Å². The second kappa shape index (κ2) is 4.35. The maximum absolute atomic E-state index is 13.0. The minimum atomic E-state index is -1.78. The Morgan fingerprint density at radius 1 is 1.27 bits per heavy atom. The van der Waals surface area contributed by atoms with E-state index in [0.717, 1.165) is 6.07 Å². The van der Waals surface area contributed by atoms with Gasteiger partial charge in [0.2, 0.25) is 0 Å². The number of anilines is 1. The molecule has 80 valence electrons. The number of carbonyl (C=O) groups excluding carboxylic acids is 1. The first-order valence-corrected chi connectivity index (χ1v) is 4.40. The molecule has 1 aromatic carbocycles. The van der Waals surface area contributed by atoms with Gasteiger partial charge in [-0.05, 0) is 22.0 Å². The number of benzene rings is 1. The number of carboxylic acid groups (broad SMARTS) is 1. The molecule has 0 spiro atoms. The van der Waals surface area contributed by atoms with Crippen molar-refractivity contribution in [1.82, 2.24) is 0 Å². The Balaban J connectivity index is 3.01. The summed E-state index contributed by atoms with van der Waals surface area (Å²) in [5.74, 6) is -4.96. The maximum atomic E-state index is 13.0. The van der Waals surface area contributed by atoms with E-state index in [1.807, 2.05) is 0 Å². The molecule has 0 aromatic heterocycles. The molecule has 0 aliphatic carbocycles. The van der Waals surface area contributed by atoms with Crippen LogP contribution in [-0.2, 0) is 9.59 Å². The standard InChI is InChI=1S/C8H4BrF2NO3/c9-3-1-5(11)6(2-4(3)10)12-7(13)8(14)15/h1-2H,(H,12,13)(H,14,15). The minimum absolute atomic E-state index is 0.117. The largest absolute Gasteiger partial charge is 0.474 e. The molecule has 0 aliphatic heterocycles. The zero-order valence-corrected chi connectivity index (χ0v) is 8.64. The van der Waals surface area contributed by atoms with E-state index in [2.05, 4.69) is 15.9 Å². The summed E-state index contributed by atoms with van der Waals surface area (Å²) in [5, 5.41) is 9.92. The van der Waals surface area contributed by atoms with Gasteiger partial charge in [0.25, 0.3) is 0 Å². The van der Waals surface area contributed by atoms with E-state index in [0.29, 0.717) is 6.07 Å². The van der Waals surface area contributed by atoms with E-state index in [-0.39, 0.29) is 4.47 Å². The van der Waals surface area contributed by atoms with Crippen molar-refractivity contribution in [3.63, 3.8) is 0 Å². The highest BCUT2D eigenvalue weighted by molar-refractivity contribution is 9.10. The van der Waals surface area contributed by atoms with Gasteiger partial charge in [0.05, 0.1) is 10.2 Å². The highest BCUT2D eigenvalue weighted by Gasteiger charge is 2.15. The number of nitrogens with one attached hydrogen (secondary N) is 1. The first-order valence-electron chi connectivity index (χ1n) is 3.60. The highest BCUT2D eigenvalue weighted by Crippen LogP contribution is 2.23. The molecule has 0 saturated carbocycles. The fourth-order valence-corrected chi connectivity index (χ4v) is 1.11. The molecule has 7 heteroatoms. The summed E-state index contributed by atoms with van der Waals surface area (Å²) >= 11 is 2.73.